The second-order valence-electron chi connectivity index (χ2n) is 8.06. The molecule has 0 N–H and O–H groups in total. The van der Waals surface area contributed by atoms with Crippen molar-refractivity contribution in [3.8, 4) is 0 Å². The molecule has 1 atom stereocenters. The van der Waals surface area contributed by atoms with Crippen LogP contribution in [0.15, 0.2) is 36.4 Å². The molecule has 6 nitrogen and oxygen atoms in total. The highest BCUT2D eigenvalue weighted by molar-refractivity contribution is 7.91. The molecule has 152 valence electrons. The Bertz CT molecular complexity index is 1180. The van der Waals surface area contributed by atoms with Gasteiger partial charge in [-0.25, -0.2) is 8.42 Å². The number of fused-ring (bicyclic) bond motifs is 1. The Labute approximate surface area is 174 Å². The van der Waals surface area contributed by atoms with E-state index in [1.54, 1.807) is 0 Å². The molecule has 5 rings (SSSR count). The van der Waals surface area contributed by atoms with Gasteiger partial charge in [0.05, 0.1) is 28.6 Å². The van der Waals surface area contributed by atoms with Crippen LogP contribution in [0, 0.1) is 6.92 Å². The van der Waals surface area contributed by atoms with Crippen molar-refractivity contribution in [1.29, 1.82) is 0 Å². The fraction of sp³-hybridized carbons (Fsp3) is 0.429. The number of benzene rings is 1. The van der Waals surface area contributed by atoms with Gasteiger partial charge in [-0.3, -0.25) is 9.48 Å². The monoisotopic (exact) mass is 429 g/mol. The molecular formula is C21H23N3O3S2. The summed E-state index contributed by atoms with van der Waals surface area (Å²) in [5, 5.41) is 5.66. The van der Waals surface area contributed by atoms with E-state index >= 15 is 0 Å². The van der Waals surface area contributed by atoms with Crippen molar-refractivity contribution in [3.63, 3.8) is 0 Å². The van der Waals surface area contributed by atoms with E-state index in [0.717, 1.165) is 34.3 Å². The Hall–Kier alpha value is -2.19. The Morgan fingerprint density at radius 1 is 1.21 bits per heavy atom. The lowest BCUT2D eigenvalue weighted by Crippen LogP contribution is -2.42. The summed E-state index contributed by atoms with van der Waals surface area (Å²) in [6, 6.07) is 12.1. The molecule has 2 aliphatic rings. The number of aryl methyl sites for hydroxylation is 1. The molecule has 1 aromatic carbocycles. The van der Waals surface area contributed by atoms with Gasteiger partial charge in [0.15, 0.2) is 9.84 Å². The second kappa shape index (κ2) is 6.95. The van der Waals surface area contributed by atoms with Gasteiger partial charge in [0.1, 0.15) is 4.83 Å². The molecule has 2 fully saturated rings. The van der Waals surface area contributed by atoms with Crippen LogP contribution in [-0.4, -0.2) is 52.6 Å². The Balaban J connectivity index is 1.46. The Morgan fingerprint density at radius 2 is 1.97 bits per heavy atom. The fourth-order valence-electron chi connectivity index (χ4n) is 4.19. The number of carbonyl (C=O) groups is 1. The molecule has 2 aromatic heterocycles. The molecule has 0 bridgehead atoms. The van der Waals surface area contributed by atoms with Gasteiger partial charge in [-0.2, -0.15) is 5.10 Å². The lowest BCUT2D eigenvalue weighted by atomic mass is 10.2. The predicted molar refractivity (Wildman–Crippen MR) is 114 cm³/mol. The van der Waals surface area contributed by atoms with Gasteiger partial charge >= 0.3 is 0 Å². The number of thiophene rings is 1. The average Bonchev–Trinajstić information content (AvgIpc) is 3.19. The highest BCUT2D eigenvalue weighted by Gasteiger charge is 2.42. The van der Waals surface area contributed by atoms with E-state index in [-0.39, 0.29) is 29.5 Å². The normalized spacial score (nSPS) is 20.9. The van der Waals surface area contributed by atoms with Crippen molar-refractivity contribution in [2.75, 3.05) is 11.5 Å². The molecule has 1 aliphatic carbocycles. The van der Waals surface area contributed by atoms with Gasteiger partial charge in [-0.05, 0) is 37.8 Å². The molecule has 8 heteroatoms. The number of nitrogens with zero attached hydrogens (tertiary/aromatic N) is 3. The van der Waals surface area contributed by atoms with Crippen LogP contribution in [0.4, 0.5) is 0 Å². The first kappa shape index (κ1) is 18.8. The minimum atomic E-state index is -3.03. The smallest absolute Gasteiger partial charge is 0.264 e. The second-order valence-corrected chi connectivity index (χ2v) is 11.3. The van der Waals surface area contributed by atoms with Gasteiger partial charge in [-0.1, -0.05) is 30.3 Å². The zero-order valence-electron chi connectivity index (χ0n) is 16.2. The highest BCUT2D eigenvalue weighted by atomic mass is 32.2. The quantitative estimate of drug-likeness (QED) is 0.624. The largest absolute Gasteiger partial charge is 0.331 e. The van der Waals surface area contributed by atoms with E-state index in [0.29, 0.717) is 17.8 Å². The summed E-state index contributed by atoms with van der Waals surface area (Å²) in [6.07, 6.45) is 2.48. The van der Waals surface area contributed by atoms with E-state index < -0.39 is 9.84 Å². The van der Waals surface area contributed by atoms with E-state index in [2.05, 4.69) is 17.2 Å². The number of rotatable bonds is 5. The van der Waals surface area contributed by atoms with Crippen molar-refractivity contribution in [2.24, 2.45) is 0 Å². The van der Waals surface area contributed by atoms with Crippen LogP contribution in [0.25, 0.3) is 10.2 Å². The van der Waals surface area contributed by atoms with Gasteiger partial charge < -0.3 is 4.90 Å². The molecule has 1 aliphatic heterocycles. The summed E-state index contributed by atoms with van der Waals surface area (Å²) in [5.74, 6) is 0.258. The molecule has 1 unspecified atom stereocenters. The Kier molecular flexibility index (Phi) is 4.51. The molecular weight excluding hydrogens is 406 g/mol. The third kappa shape index (κ3) is 3.59. The number of aromatic nitrogens is 2. The van der Waals surface area contributed by atoms with Crippen LogP contribution in [0.2, 0.25) is 0 Å². The summed E-state index contributed by atoms with van der Waals surface area (Å²) < 4.78 is 25.9. The molecule has 1 amide bonds. The van der Waals surface area contributed by atoms with Crippen molar-refractivity contribution < 1.29 is 13.2 Å². The van der Waals surface area contributed by atoms with E-state index in [4.69, 9.17) is 0 Å². The Morgan fingerprint density at radius 3 is 2.62 bits per heavy atom. The van der Waals surface area contributed by atoms with E-state index in [9.17, 15) is 13.2 Å². The zero-order valence-corrected chi connectivity index (χ0v) is 17.9. The first-order chi connectivity index (χ1) is 13.9. The lowest BCUT2D eigenvalue weighted by Gasteiger charge is -2.27. The molecule has 3 aromatic rings. The minimum absolute atomic E-state index is 0.0264. The summed E-state index contributed by atoms with van der Waals surface area (Å²) in [5.41, 5.74) is 2.07. The van der Waals surface area contributed by atoms with Crippen molar-refractivity contribution >= 4 is 37.3 Å². The first-order valence-electron chi connectivity index (χ1n) is 9.95. The van der Waals surface area contributed by atoms with E-state index in [1.165, 1.54) is 11.3 Å². The molecule has 29 heavy (non-hydrogen) atoms. The summed E-state index contributed by atoms with van der Waals surface area (Å²) in [6.45, 7) is 2.62. The van der Waals surface area contributed by atoms with Crippen molar-refractivity contribution in [2.45, 2.75) is 44.8 Å². The minimum Gasteiger partial charge on any atom is -0.331 e. The maximum Gasteiger partial charge on any atom is 0.264 e. The zero-order chi connectivity index (χ0) is 20.2. The predicted octanol–water partition coefficient (Wildman–Crippen LogP) is 3.25. The van der Waals surface area contributed by atoms with Gasteiger partial charge in [0.2, 0.25) is 0 Å². The lowest BCUT2D eigenvalue weighted by molar-refractivity contribution is 0.0686. The summed E-state index contributed by atoms with van der Waals surface area (Å²) >= 11 is 1.46. The number of carbonyl (C=O) groups excluding carboxylic acids is 1. The topological polar surface area (TPSA) is 72.3 Å². The molecule has 0 spiro atoms. The van der Waals surface area contributed by atoms with Gasteiger partial charge in [-0.15, -0.1) is 11.3 Å². The maximum atomic E-state index is 13.4. The van der Waals surface area contributed by atoms with Crippen molar-refractivity contribution in [1.82, 2.24) is 14.7 Å². The van der Waals surface area contributed by atoms with Crippen LogP contribution >= 0.6 is 11.3 Å². The van der Waals surface area contributed by atoms with Crippen LogP contribution in [0.5, 0.6) is 0 Å². The fourth-order valence-corrected chi connectivity index (χ4v) is 7.00. The van der Waals surface area contributed by atoms with Crippen molar-refractivity contribution in [3.05, 3.63) is 52.5 Å². The number of sulfone groups is 1. The van der Waals surface area contributed by atoms with Crippen LogP contribution < -0.4 is 0 Å². The number of amides is 1. The molecule has 1 saturated carbocycles. The standard InChI is InChI=1S/C21H23N3O3S2/c1-14-18-11-19(28-21(18)23(22-14)12-15-5-3-2-4-6-15)20(25)24(16-7-8-16)17-9-10-29(26,27)13-17/h2-6,11,16-17H,7-10,12-13H2,1H3. The third-order valence-corrected chi connectivity index (χ3v) is 8.66. The third-order valence-electron chi connectivity index (χ3n) is 5.77. The molecule has 0 radical (unpaired) electrons. The van der Waals surface area contributed by atoms with Crippen LogP contribution in [0.1, 0.15) is 40.2 Å². The number of hydrogen-bond donors (Lipinski definition) is 0. The first-order valence-corrected chi connectivity index (χ1v) is 12.6. The van der Waals surface area contributed by atoms with Crippen LogP contribution in [-0.2, 0) is 16.4 Å². The number of hydrogen-bond acceptors (Lipinski definition) is 5. The average molecular weight is 430 g/mol. The summed E-state index contributed by atoms with van der Waals surface area (Å²) in [7, 11) is -3.03. The van der Waals surface area contributed by atoms with Crippen LogP contribution in [0.3, 0.4) is 0 Å². The van der Waals surface area contributed by atoms with E-state index in [1.807, 2.05) is 40.8 Å². The van der Waals surface area contributed by atoms with Gasteiger partial charge in [0.25, 0.3) is 5.91 Å². The maximum absolute atomic E-state index is 13.4. The van der Waals surface area contributed by atoms with Gasteiger partial charge in [0, 0.05) is 17.5 Å². The summed E-state index contributed by atoms with van der Waals surface area (Å²) in [4.78, 5) is 16.9. The SMILES string of the molecule is Cc1nn(Cc2ccccc2)c2sc(C(=O)N(C3CC3)C3CCS(=O)(=O)C3)cc12. The molecule has 1 saturated heterocycles. The molecule has 3 heterocycles. The highest BCUT2D eigenvalue weighted by Crippen LogP contribution is 2.36.